The Balaban J connectivity index is 1.05. The molecule has 0 unspecified atom stereocenters. The summed E-state index contributed by atoms with van der Waals surface area (Å²) in [5, 5.41) is 109. The molecule has 64 heavy (non-hydrogen) atoms. The molecule has 17 nitrogen and oxygen atoms in total. The van der Waals surface area contributed by atoms with Gasteiger partial charge in [-0.25, -0.2) is 0 Å². The molecular weight excluding hydrogens is 836 g/mol. The third-order valence-corrected chi connectivity index (χ3v) is 19.2. The number of ketones is 1. The molecule has 0 aromatic heterocycles. The lowest BCUT2D eigenvalue weighted by atomic mass is 9.41. The van der Waals surface area contributed by atoms with Crippen LogP contribution in [0.2, 0.25) is 0 Å². The fourth-order valence-corrected chi connectivity index (χ4v) is 15.5. The molecule has 2 spiro atoms. The molecule has 17 heteroatoms. The lowest BCUT2D eigenvalue weighted by Crippen LogP contribution is -2.65. The van der Waals surface area contributed by atoms with Crippen molar-refractivity contribution in [3.8, 4) is 0 Å². The van der Waals surface area contributed by atoms with Crippen molar-refractivity contribution in [2.45, 2.75) is 218 Å². The van der Waals surface area contributed by atoms with Crippen LogP contribution in [0.4, 0.5) is 0 Å². The maximum Gasteiger partial charge on any atom is 0.187 e. The highest BCUT2D eigenvalue weighted by Crippen LogP contribution is 2.89. The summed E-state index contributed by atoms with van der Waals surface area (Å²) in [7, 11) is 0. The number of rotatable bonds is 12. The molecule has 8 fully saturated rings. The maximum atomic E-state index is 12.9. The Morgan fingerprint density at radius 2 is 1.39 bits per heavy atom. The highest BCUT2D eigenvalue weighted by Gasteiger charge is 2.86. The quantitative estimate of drug-likeness (QED) is 0.120. The summed E-state index contributed by atoms with van der Waals surface area (Å²) in [4.78, 5) is 12.9. The van der Waals surface area contributed by atoms with E-state index in [0.29, 0.717) is 32.1 Å². The molecule has 0 amide bonds. The van der Waals surface area contributed by atoms with Gasteiger partial charge in [0.25, 0.3) is 0 Å². The van der Waals surface area contributed by atoms with Gasteiger partial charge in [0.1, 0.15) is 66.8 Å². The Hall–Kier alpha value is -0.970. The molecule has 0 aromatic carbocycles. The second-order valence-corrected chi connectivity index (χ2v) is 22.9. The van der Waals surface area contributed by atoms with E-state index in [4.69, 9.17) is 28.4 Å². The number of carbonyl (C=O) groups excluding carboxylic acids is 1. The van der Waals surface area contributed by atoms with E-state index < -0.39 is 127 Å². The monoisotopic (exact) mass is 915 g/mol. The van der Waals surface area contributed by atoms with Crippen molar-refractivity contribution in [1.82, 2.24) is 0 Å². The van der Waals surface area contributed by atoms with Crippen molar-refractivity contribution >= 4 is 5.78 Å². The van der Waals surface area contributed by atoms with Gasteiger partial charge in [0.2, 0.25) is 0 Å². The molecule has 368 valence electrons. The second kappa shape index (κ2) is 17.5. The van der Waals surface area contributed by atoms with Gasteiger partial charge >= 0.3 is 0 Å². The van der Waals surface area contributed by atoms with Crippen molar-refractivity contribution in [1.29, 1.82) is 0 Å². The minimum absolute atomic E-state index is 0.0147. The minimum Gasteiger partial charge on any atom is -0.394 e. The molecule has 0 radical (unpaired) electrons. The molecule has 5 aliphatic carbocycles. The lowest BCUT2D eigenvalue weighted by molar-refractivity contribution is -0.375. The van der Waals surface area contributed by atoms with Crippen molar-refractivity contribution in [2.75, 3.05) is 13.2 Å². The molecule has 0 bridgehead atoms. The summed E-state index contributed by atoms with van der Waals surface area (Å²) in [6.07, 6.45) is -15.0. The van der Waals surface area contributed by atoms with E-state index in [-0.39, 0.29) is 52.8 Å². The molecule has 8 rings (SSSR count). The summed E-state index contributed by atoms with van der Waals surface area (Å²) in [5.74, 6) is 0.218. The van der Waals surface area contributed by atoms with E-state index in [1.165, 1.54) is 6.92 Å². The molecule has 10 N–H and O–H groups in total. The number of ether oxygens (including phenoxy) is 6. The number of aliphatic hydroxyl groups is 10. The van der Waals surface area contributed by atoms with Gasteiger partial charge in [-0.05, 0) is 104 Å². The molecule has 0 aromatic rings. The highest BCUT2D eigenvalue weighted by molar-refractivity contribution is 5.80. The number of hydrogen-bond donors (Lipinski definition) is 10. The van der Waals surface area contributed by atoms with Gasteiger partial charge in [0.15, 0.2) is 18.9 Å². The predicted molar refractivity (Wildman–Crippen MR) is 224 cm³/mol. The first-order valence-electron chi connectivity index (χ1n) is 24.1. The molecule has 25 atom stereocenters. The van der Waals surface area contributed by atoms with Crippen LogP contribution in [0.15, 0.2) is 0 Å². The average Bonchev–Trinajstić information content (AvgIpc) is 3.88. The number of hydrogen-bond acceptors (Lipinski definition) is 17. The fraction of sp³-hybridized carbons (Fsp3) is 0.979. The normalized spacial score (nSPS) is 54.9. The summed E-state index contributed by atoms with van der Waals surface area (Å²) < 4.78 is 37.2. The van der Waals surface area contributed by atoms with E-state index in [9.17, 15) is 55.9 Å². The molecule has 3 aliphatic heterocycles. The van der Waals surface area contributed by atoms with Gasteiger partial charge in [-0.2, -0.15) is 0 Å². The average molecular weight is 915 g/mol. The van der Waals surface area contributed by atoms with Crippen molar-refractivity contribution in [3.63, 3.8) is 0 Å². The Labute approximate surface area is 376 Å². The summed E-state index contributed by atoms with van der Waals surface area (Å²) >= 11 is 0. The first-order chi connectivity index (χ1) is 29.9. The summed E-state index contributed by atoms with van der Waals surface area (Å²) in [6.45, 7) is 15.6. The zero-order valence-electron chi connectivity index (χ0n) is 38.8. The van der Waals surface area contributed by atoms with Gasteiger partial charge in [0.05, 0.1) is 37.6 Å². The van der Waals surface area contributed by atoms with Crippen LogP contribution in [0.1, 0.15) is 113 Å². The number of fused-ring (bicyclic) bond motifs is 2. The SMILES string of the molecule is CC(C)C(=O)CC[C@@H](C)[C@H]1[C@@H](O[C@@H]2OC[C@H](O)[C@H](O)[C@H]2O)C[C@@]2(C)[C@@H]3CC[C@H]4C(C)(C)[C@@H](O[C@@H]5O[C@H](CO)[C@@H](O)[C@H](O)[C@H]5O[C@@H]5O[C@@H](C)[C@H](O)[C@@H](O)[C@H]5O)CC[C@@]45C[C@@]35[C@H](O)C[C@]12C. The lowest BCUT2D eigenvalue weighted by Gasteiger charge is -2.64. The third kappa shape index (κ3) is 7.43. The van der Waals surface area contributed by atoms with Crippen LogP contribution in [-0.4, -0.2) is 174 Å². The largest absolute Gasteiger partial charge is 0.394 e. The first-order valence-corrected chi connectivity index (χ1v) is 24.1. The second-order valence-electron chi connectivity index (χ2n) is 22.9. The smallest absolute Gasteiger partial charge is 0.187 e. The topological polar surface area (TPSA) is 275 Å². The van der Waals surface area contributed by atoms with Gasteiger partial charge < -0.3 is 79.5 Å². The van der Waals surface area contributed by atoms with Crippen molar-refractivity contribution in [2.24, 2.45) is 56.7 Å². The molecule has 3 heterocycles. The van der Waals surface area contributed by atoms with Crippen molar-refractivity contribution in [3.05, 3.63) is 0 Å². The molecule has 3 saturated heterocycles. The predicted octanol–water partition coefficient (Wildman–Crippen LogP) is 0.509. The number of carbonyl (C=O) groups is 1. The van der Waals surface area contributed by atoms with E-state index in [1.807, 2.05) is 13.8 Å². The molecular formula is C47H78O17. The molecule has 8 aliphatic rings. The Morgan fingerprint density at radius 1 is 0.719 bits per heavy atom. The van der Waals surface area contributed by atoms with E-state index >= 15 is 0 Å². The zero-order valence-corrected chi connectivity index (χ0v) is 38.8. The highest BCUT2D eigenvalue weighted by atomic mass is 16.8. The fourth-order valence-electron chi connectivity index (χ4n) is 15.5. The van der Waals surface area contributed by atoms with E-state index in [1.54, 1.807) is 0 Å². The number of Topliss-reactive ketones (excluding diaryl/α,β-unsaturated/α-hetero) is 1. The zero-order chi connectivity index (χ0) is 46.8. The van der Waals surface area contributed by atoms with Crippen LogP contribution in [-0.2, 0) is 33.2 Å². The van der Waals surface area contributed by atoms with Crippen LogP contribution in [0.5, 0.6) is 0 Å². The van der Waals surface area contributed by atoms with Crippen molar-refractivity contribution < 1.29 is 84.3 Å². The van der Waals surface area contributed by atoms with Crippen LogP contribution >= 0.6 is 0 Å². The Bertz CT molecular complexity index is 1680. The standard InChI is InChI=1S/C47H78O17/c1-20(2)23(49)10-9-21(3)31-25(61-40-37(57)33(53)24(50)18-59-40)15-44(7)28-12-11-27-43(5,6)30(13-14-46(27)19-47(28,46)29(51)16-45(31,44)8)63-42-39(36(56)34(54)26(17-48)62-42)64-41-38(58)35(55)32(52)22(4)60-41/h20-22,24-42,48,50-58H,9-19H2,1-8H3/t21-,22+,24+,25+,26-,27+,28+,29-,30+,31+,32+,33+,34-,35-,36+,37-,38-,39-,40+,41+,42+,44+,45-,46-,47+/m1/s1. The summed E-state index contributed by atoms with van der Waals surface area (Å²) in [5.41, 5.74) is -1.87. The molecule has 5 saturated carbocycles. The maximum absolute atomic E-state index is 12.9. The van der Waals surface area contributed by atoms with E-state index in [0.717, 1.165) is 25.7 Å². The van der Waals surface area contributed by atoms with Gasteiger partial charge in [-0.3, -0.25) is 4.79 Å². The van der Waals surface area contributed by atoms with Crippen LogP contribution in [0, 0.1) is 56.7 Å². The Kier molecular flexibility index (Phi) is 13.5. The summed E-state index contributed by atoms with van der Waals surface area (Å²) in [6, 6.07) is 0. The first kappa shape index (κ1) is 49.5. The third-order valence-electron chi connectivity index (χ3n) is 19.2. The van der Waals surface area contributed by atoms with E-state index in [2.05, 4.69) is 34.6 Å². The number of aliphatic hydroxyl groups excluding tert-OH is 10. The van der Waals surface area contributed by atoms with Gasteiger partial charge in [0, 0.05) is 17.8 Å². The minimum atomic E-state index is -1.69. The van der Waals surface area contributed by atoms with Crippen LogP contribution in [0.3, 0.4) is 0 Å². The Morgan fingerprint density at radius 3 is 2.06 bits per heavy atom. The van der Waals surface area contributed by atoms with Crippen LogP contribution < -0.4 is 0 Å². The van der Waals surface area contributed by atoms with Crippen LogP contribution in [0.25, 0.3) is 0 Å². The van der Waals surface area contributed by atoms with Gasteiger partial charge in [-0.1, -0.05) is 48.5 Å². The van der Waals surface area contributed by atoms with Gasteiger partial charge in [-0.15, -0.1) is 0 Å².